The van der Waals surface area contributed by atoms with E-state index in [1.807, 2.05) is 0 Å². The second kappa shape index (κ2) is 14.0. The highest BCUT2D eigenvalue weighted by Gasteiger charge is 2.71. The van der Waals surface area contributed by atoms with Crippen LogP contribution < -0.4 is 5.32 Å². The fraction of sp³-hybridized carbons (Fsp3) is 0.723. The number of phenols is 1. The number of hydrogen-bond donors (Lipinski definition) is 3. The minimum atomic E-state index is -0.151. The van der Waals surface area contributed by atoms with Gasteiger partial charge in [0, 0.05) is 41.8 Å². The Hall–Kier alpha value is -2.40. The molecule has 5 aliphatic carbocycles. The first-order valence-corrected chi connectivity index (χ1v) is 21.1. The van der Waals surface area contributed by atoms with Gasteiger partial charge in [0.05, 0.1) is 11.5 Å². The van der Waals surface area contributed by atoms with Gasteiger partial charge in [-0.2, -0.15) is 0 Å². The van der Waals surface area contributed by atoms with Crippen LogP contribution >= 0.6 is 11.6 Å². The Morgan fingerprint density at radius 2 is 1.64 bits per heavy atom. The number of hydrogen-bond acceptors (Lipinski definition) is 4. The van der Waals surface area contributed by atoms with Crippen molar-refractivity contribution in [1.29, 1.82) is 0 Å². The molecule has 0 spiro atoms. The van der Waals surface area contributed by atoms with Crippen LogP contribution in [0.3, 0.4) is 0 Å². The number of allylic oxidation sites excluding steroid dienone is 3. The number of ether oxygens (including phenoxy) is 1. The van der Waals surface area contributed by atoms with Crippen LogP contribution in [0.15, 0.2) is 55.0 Å². The lowest BCUT2D eigenvalue weighted by molar-refractivity contribution is -0.249. The molecule has 0 saturated heterocycles. The van der Waals surface area contributed by atoms with Gasteiger partial charge < -0.3 is 20.3 Å². The summed E-state index contributed by atoms with van der Waals surface area (Å²) in [5.41, 5.74) is 2.52. The average Bonchev–Trinajstić information content (AvgIpc) is 3.41. The molecule has 4 unspecified atom stereocenters. The summed E-state index contributed by atoms with van der Waals surface area (Å²) in [7, 11) is 0. The predicted molar refractivity (Wildman–Crippen MR) is 217 cm³/mol. The van der Waals surface area contributed by atoms with Gasteiger partial charge in [0.25, 0.3) is 0 Å². The molecule has 3 N–H and O–H groups in total. The Balaban J connectivity index is 1.21. The fourth-order valence-electron chi connectivity index (χ4n) is 14.4. The number of aliphatic hydroxyl groups is 1. The molecule has 294 valence electrons. The van der Waals surface area contributed by atoms with Crippen molar-refractivity contribution in [3.05, 3.63) is 65.6 Å². The lowest BCUT2D eigenvalue weighted by atomic mass is 9.32. The third-order valence-electron chi connectivity index (χ3n) is 16.9. The molecule has 6 rings (SSSR count). The van der Waals surface area contributed by atoms with Gasteiger partial charge in [0.2, 0.25) is 5.91 Å². The molecule has 0 heterocycles. The monoisotopic (exact) mass is 747 g/mol. The number of fused-ring (bicyclic) bond motifs is 7. The van der Waals surface area contributed by atoms with E-state index in [2.05, 4.69) is 80.4 Å². The lowest BCUT2D eigenvalue weighted by Gasteiger charge is -2.73. The van der Waals surface area contributed by atoms with Crippen LogP contribution in [-0.4, -0.2) is 22.2 Å². The zero-order valence-corrected chi connectivity index (χ0v) is 35.1. The molecule has 5 saturated carbocycles. The maximum atomic E-state index is 13.8. The number of aromatic hydroxyl groups is 1. The first-order valence-electron chi connectivity index (χ1n) is 20.7. The molecule has 10 atom stereocenters. The lowest BCUT2D eigenvalue weighted by Crippen LogP contribution is -2.66. The van der Waals surface area contributed by atoms with Crippen molar-refractivity contribution in [2.75, 3.05) is 0 Å². The number of aliphatic hydroxyl groups excluding tert-OH is 1. The van der Waals surface area contributed by atoms with Gasteiger partial charge in [-0.25, -0.2) is 0 Å². The highest BCUT2D eigenvalue weighted by Crippen LogP contribution is 2.78. The highest BCUT2D eigenvalue weighted by atomic mass is 35.5. The normalized spacial score (nSPS) is 38.7. The van der Waals surface area contributed by atoms with Crippen LogP contribution in [0.2, 0.25) is 5.02 Å². The van der Waals surface area contributed by atoms with Gasteiger partial charge >= 0.3 is 0 Å². The van der Waals surface area contributed by atoms with Crippen LogP contribution in [0.4, 0.5) is 0 Å². The van der Waals surface area contributed by atoms with Crippen molar-refractivity contribution in [3.63, 3.8) is 0 Å². The fourth-order valence-corrected chi connectivity index (χ4v) is 14.6. The van der Waals surface area contributed by atoms with Crippen LogP contribution in [0.5, 0.6) is 5.75 Å². The van der Waals surface area contributed by atoms with Gasteiger partial charge in [-0.3, -0.25) is 4.79 Å². The summed E-state index contributed by atoms with van der Waals surface area (Å²) in [5, 5.41) is 23.9. The maximum Gasteiger partial charge on any atom is 0.220 e. The molecule has 5 fully saturated rings. The van der Waals surface area contributed by atoms with E-state index in [1.54, 1.807) is 12.1 Å². The molecule has 5 nitrogen and oxygen atoms in total. The quantitative estimate of drug-likeness (QED) is 0.156. The van der Waals surface area contributed by atoms with Crippen molar-refractivity contribution < 1.29 is 19.7 Å². The van der Waals surface area contributed by atoms with Crippen LogP contribution in [0.1, 0.15) is 144 Å². The molecule has 53 heavy (non-hydrogen) atoms. The van der Waals surface area contributed by atoms with Gasteiger partial charge in [-0.1, -0.05) is 91.4 Å². The Morgan fingerprint density at radius 1 is 0.925 bits per heavy atom. The largest absolute Gasteiger partial charge is 0.513 e. The zero-order valence-electron chi connectivity index (χ0n) is 34.3. The summed E-state index contributed by atoms with van der Waals surface area (Å²) < 4.78 is 6.80. The molecule has 0 aromatic heterocycles. The molecule has 1 aromatic rings. The number of carbonyl (C=O) groups excluding carboxylic acids is 1. The van der Waals surface area contributed by atoms with E-state index in [0.29, 0.717) is 66.0 Å². The molecule has 0 aliphatic heterocycles. The number of benzene rings is 1. The molecule has 0 bridgehead atoms. The van der Waals surface area contributed by atoms with E-state index in [4.69, 9.17) is 16.3 Å². The van der Waals surface area contributed by atoms with Gasteiger partial charge in [-0.05, 0) is 140 Å². The molecule has 6 heteroatoms. The van der Waals surface area contributed by atoms with Crippen molar-refractivity contribution >= 4 is 17.5 Å². The number of nitrogens with one attached hydrogen (secondary N) is 1. The predicted octanol–water partition coefficient (Wildman–Crippen LogP) is 12.5. The van der Waals surface area contributed by atoms with E-state index in [1.165, 1.54) is 50.2 Å². The standard InChI is InChI=1S/C47H70ClNO4/c1-29(2)34-16-21-47(27-40(52)49-28-32-12-13-33(48)24-36(32)51)23-22-45(10)35(41(34)47)14-15-38-44(9)19-18-39(43(7,8)37(44)17-20-46(38,45)11)53-31(4)26-42(5,6)25-30(3)50/h12-13,24,34-35,37-39,41,50-51H,1,3-4,14-23,25-28H2,2,5-11H3,(H,49,52)/t34?,35-,37?,38?,39+,41?,44+,45-,46-,47-/m1/s1. The summed E-state index contributed by atoms with van der Waals surface area (Å²) in [6.45, 7) is 32.4. The van der Waals surface area contributed by atoms with Crippen molar-refractivity contribution in [1.82, 2.24) is 5.32 Å². The summed E-state index contributed by atoms with van der Waals surface area (Å²) in [4.78, 5) is 13.8. The topological polar surface area (TPSA) is 78.8 Å². The number of amides is 1. The van der Waals surface area contributed by atoms with Crippen molar-refractivity contribution in [2.24, 2.45) is 62.1 Å². The van der Waals surface area contributed by atoms with Crippen molar-refractivity contribution in [3.8, 4) is 5.75 Å². The summed E-state index contributed by atoms with van der Waals surface area (Å²) in [6.07, 6.45) is 13.6. The average molecular weight is 749 g/mol. The molecule has 0 radical (unpaired) electrons. The van der Waals surface area contributed by atoms with E-state index in [0.717, 1.165) is 31.4 Å². The number of carbonyl (C=O) groups is 1. The van der Waals surface area contributed by atoms with Gasteiger partial charge in [0.15, 0.2) is 0 Å². The molecule has 1 aromatic carbocycles. The molecular weight excluding hydrogens is 678 g/mol. The molecule has 5 aliphatic rings. The minimum absolute atomic E-state index is 0.0109. The summed E-state index contributed by atoms with van der Waals surface area (Å²) >= 11 is 6.06. The van der Waals surface area contributed by atoms with E-state index in [9.17, 15) is 15.0 Å². The molecule has 1 amide bonds. The second-order valence-electron chi connectivity index (χ2n) is 20.9. The number of phenolic OH excluding ortho intramolecular Hbond substituents is 1. The third-order valence-corrected chi connectivity index (χ3v) is 17.1. The maximum absolute atomic E-state index is 13.8. The SMILES string of the molecule is C=C(O)CC(C)(C)CC(=C)O[C@H]1CC[C@@]2(C)C(CC[C@]3(C)C2CC[C@@H]2C4C(C(=C)C)CC[C@]4(CC(=O)NCc4ccc(Cl)cc4O)CC[C@]23C)C1(C)C. The van der Waals surface area contributed by atoms with E-state index >= 15 is 0 Å². The Labute approximate surface area is 326 Å². The third kappa shape index (κ3) is 6.90. The summed E-state index contributed by atoms with van der Waals surface area (Å²) in [5.74, 6) is 3.99. The first-order chi connectivity index (χ1) is 24.6. The Bertz CT molecular complexity index is 1630. The molecular formula is C47H70ClNO4. The van der Waals surface area contributed by atoms with Crippen LogP contribution in [0.25, 0.3) is 0 Å². The first kappa shape index (κ1) is 40.3. The van der Waals surface area contributed by atoms with Crippen LogP contribution in [-0.2, 0) is 16.1 Å². The minimum Gasteiger partial charge on any atom is -0.513 e. The van der Waals surface area contributed by atoms with Crippen molar-refractivity contribution in [2.45, 2.75) is 152 Å². The van der Waals surface area contributed by atoms with Gasteiger partial charge in [0.1, 0.15) is 11.9 Å². The van der Waals surface area contributed by atoms with Crippen LogP contribution in [0, 0.1) is 62.1 Å². The zero-order chi connectivity index (χ0) is 38.9. The highest BCUT2D eigenvalue weighted by molar-refractivity contribution is 6.30. The van der Waals surface area contributed by atoms with Gasteiger partial charge in [-0.15, -0.1) is 0 Å². The van der Waals surface area contributed by atoms with E-state index in [-0.39, 0.29) is 56.0 Å². The number of halogens is 1. The Kier molecular flexibility index (Phi) is 10.6. The van der Waals surface area contributed by atoms with E-state index < -0.39 is 0 Å². The Morgan fingerprint density at radius 3 is 2.30 bits per heavy atom. The smallest absolute Gasteiger partial charge is 0.220 e. The summed E-state index contributed by atoms with van der Waals surface area (Å²) in [6, 6.07) is 5.09. The number of rotatable bonds is 11. The second-order valence-corrected chi connectivity index (χ2v) is 21.3.